The van der Waals surface area contributed by atoms with Crippen molar-refractivity contribution in [1.82, 2.24) is 5.43 Å². The molecule has 0 saturated heterocycles. The van der Waals surface area contributed by atoms with Gasteiger partial charge < -0.3 is 0 Å². The molecule has 1 unspecified atom stereocenters. The molecule has 1 heterocycles. The molecular formula is C11H9N3O. The summed E-state index contributed by atoms with van der Waals surface area (Å²) >= 11 is 0. The van der Waals surface area contributed by atoms with Crippen molar-refractivity contribution in [1.29, 1.82) is 5.26 Å². The summed E-state index contributed by atoms with van der Waals surface area (Å²) in [4.78, 5) is 11.0. The second-order valence-corrected chi connectivity index (χ2v) is 3.28. The molecule has 2 rings (SSSR count). The molecule has 1 N–H and O–H groups in total. The summed E-state index contributed by atoms with van der Waals surface area (Å²) < 4.78 is 0. The molecule has 74 valence electrons. The second-order valence-electron chi connectivity index (χ2n) is 3.28. The zero-order chi connectivity index (χ0) is 10.7. The van der Waals surface area contributed by atoms with E-state index in [1.54, 1.807) is 0 Å². The highest BCUT2D eigenvalue weighted by Crippen LogP contribution is 2.15. The van der Waals surface area contributed by atoms with E-state index in [1.165, 1.54) is 0 Å². The van der Waals surface area contributed by atoms with E-state index in [4.69, 9.17) is 5.26 Å². The lowest BCUT2D eigenvalue weighted by molar-refractivity contribution is -0.121. The molecule has 4 heteroatoms. The first-order valence-electron chi connectivity index (χ1n) is 4.62. The number of hydrogen-bond donors (Lipinski definition) is 1. The maximum atomic E-state index is 11.0. The highest BCUT2D eigenvalue weighted by Gasteiger charge is 2.24. The van der Waals surface area contributed by atoms with Crippen molar-refractivity contribution in [3.05, 3.63) is 35.9 Å². The Bertz CT molecular complexity index is 445. The standard InChI is InChI=1S/C11H9N3O/c12-7-9-6-10(15)13-14-11(9)8-4-2-1-3-5-8/h1-5,9H,6H2,(H,13,15). The molecule has 0 saturated carbocycles. The summed E-state index contributed by atoms with van der Waals surface area (Å²) in [5.41, 5.74) is 3.91. The molecule has 15 heavy (non-hydrogen) atoms. The third-order valence-corrected chi connectivity index (χ3v) is 2.25. The Balaban J connectivity index is 2.37. The van der Waals surface area contributed by atoms with E-state index in [1.807, 2.05) is 30.3 Å². The Kier molecular flexibility index (Phi) is 2.46. The van der Waals surface area contributed by atoms with E-state index in [0.29, 0.717) is 5.71 Å². The van der Waals surface area contributed by atoms with Crippen LogP contribution in [0.1, 0.15) is 12.0 Å². The van der Waals surface area contributed by atoms with Crippen LogP contribution in [0.2, 0.25) is 0 Å². The second kappa shape index (κ2) is 3.93. The van der Waals surface area contributed by atoms with Gasteiger partial charge in [0.25, 0.3) is 0 Å². The van der Waals surface area contributed by atoms with Crippen molar-refractivity contribution in [3.63, 3.8) is 0 Å². The lowest BCUT2D eigenvalue weighted by Gasteiger charge is -2.16. The van der Waals surface area contributed by atoms with Gasteiger partial charge in [0.05, 0.1) is 17.7 Å². The summed E-state index contributed by atoms with van der Waals surface area (Å²) in [6.45, 7) is 0. The number of benzene rings is 1. The molecule has 0 aromatic heterocycles. The Labute approximate surface area is 87.2 Å². The van der Waals surface area contributed by atoms with Crippen molar-refractivity contribution in [2.75, 3.05) is 0 Å². The van der Waals surface area contributed by atoms with Gasteiger partial charge in [-0.1, -0.05) is 30.3 Å². The molecule has 1 atom stereocenters. The molecule has 0 aliphatic carbocycles. The van der Waals surface area contributed by atoms with Gasteiger partial charge in [0.1, 0.15) is 0 Å². The Morgan fingerprint density at radius 2 is 2.13 bits per heavy atom. The van der Waals surface area contributed by atoms with Crippen molar-refractivity contribution < 1.29 is 4.79 Å². The summed E-state index contributed by atoms with van der Waals surface area (Å²) in [7, 11) is 0. The minimum absolute atomic E-state index is 0.185. The molecule has 0 fully saturated rings. The van der Waals surface area contributed by atoms with Gasteiger partial charge in [-0.2, -0.15) is 10.4 Å². The van der Waals surface area contributed by atoms with Crippen LogP contribution in [-0.2, 0) is 4.79 Å². The number of rotatable bonds is 1. The third-order valence-electron chi connectivity index (χ3n) is 2.25. The molecule has 4 nitrogen and oxygen atoms in total. The summed E-state index contributed by atoms with van der Waals surface area (Å²) in [6.07, 6.45) is 0.185. The van der Waals surface area contributed by atoms with Gasteiger partial charge in [-0.3, -0.25) is 4.79 Å². The summed E-state index contributed by atoms with van der Waals surface area (Å²) in [6, 6.07) is 11.5. The Morgan fingerprint density at radius 3 is 2.80 bits per heavy atom. The van der Waals surface area contributed by atoms with Crippen molar-refractivity contribution >= 4 is 11.6 Å². The first-order valence-corrected chi connectivity index (χ1v) is 4.62. The van der Waals surface area contributed by atoms with Gasteiger partial charge in [0.15, 0.2) is 0 Å². The quantitative estimate of drug-likeness (QED) is 0.734. The van der Waals surface area contributed by atoms with Crippen LogP contribution in [0.4, 0.5) is 0 Å². The van der Waals surface area contributed by atoms with Gasteiger partial charge in [-0.25, -0.2) is 5.43 Å². The predicted octanol–water partition coefficient (Wildman–Crippen LogP) is 1.05. The normalized spacial score (nSPS) is 20.1. The predicted molar refractivity (Wildman–Crippen MR) is 54.8 cm³/mol. The van der Waals surface area contributed by atoms with Gasteiger partial charge >= 0.3 is 0 Å². The molecule has 1 aliphatic heterocycles. The smallest absolute Gasteiger partial charge is 0.241 e. The van der Waals surface area contributed by atoms with Gasteiger partial charge in [0.2, 0.25) is 5.91 Å². The topological polar surface area (TPSA) is 65.2 Å². The average molecular weight is 199 g/mol. The largest absolute Gasteiger partial charge is 0.273 e. The van der Waals surface area contributed by atoms with Gasteiger partial charge in [0, 0.05) is 6.42 Å². The fraction of sp³-hybridized carbons (Fsp3) is 0.182. The van der Waals surface area contributed by atoms with E-state index in [-0.39, 0.29) is 12.3 Å². The number of carbonyl (C=O) groups is 1. The summed E-state index contributed by atoms with van der Waals surface area (Å²) in [5.74, 6) is -0.651. The first kappa shape index (κ1) is 9.41. The van der Waals surface area contributed by atoms with E-state index >= 15 is 0 Å². The maximum Gasteiger partial charge on any atom is 0.241 e. The molecule has 0 bridgehead atoms. The maximum absolute atomic E-state index is 11.0. The Hall–Kier alpha value is -2.15. The molecule has 1 aliphatic rings. The fourth-order valence-electron chi connectivity index (χ4n) is 1.51. The number of amides is 1. The van der Waals surface area contributed by atoms with Crippen LogP contribution in [0.5, 0.6) is 0 Å². The van der Waals surface area contributed by atoms with E-state index < -0.39 is 5.92 Å². The highest BCUT2D eigenvalue weighted by atomic mass is 16.2. The van der Waals surface area contributed by atoms with E-state index in [0.717, 1.165) is 5.56 Å². The van der Waals surface area contributed by atoms with Crippen LogP contribution in [0, 0.1) is 17.2 Å². The molecule has 1 amide bonds. The monoisotopic (exact) mass is 199 g/mol. The minimum Gasteiger partial charge on any atom is -0.273 e. The fourth-order valence-corrected chi connectivity index (χ4v) is 1.51. The number of hydrogen-bond acceptors (Lipinski definition) is 3. The third kappa shape index (κ3) is 1.86. The lowest BCUT2D eigenvalue weighted by atomic mass is 9.94. The van der Waals surface area contributed by atoms with Crippen molar-refractivity contribution in [2.24, 2.45) is 11.0 Å². The number of nitrogens with zero attached hydrogens (tertiary/aromatic N) is 2. The van der Waals surface area contributed by atoms with Gasteiger partial charge in [-0.05, 0) is 5.56 Å². The van der Waals surface area contributed by atoms with Crippen LogP contribution >= 0.6 is 0 Å². The highest BCUT2D eigenvalue weighted by molar-refractivity contribution is 6.07. The summed E-state index contributed by atoms with van der Waals surface area (Å²) in [5, 5.41) is 12.9. The minimum atomic E-state index is -0.443. The van der Waals surface area contributed by atoms with Crippen molar-refractivity contribution in [3.8, 4) is 6.07 Å². The average Bonchev–Trinajstić information content (AvgIpc) is 2.30. The molecule has 0 spiro atoms. The zero-order valence-electron chi connectivity index (χ0n) is 7.97. The van der Waals surface area contributed by atoms with E-state index in [2.05, 4.69) is 16.6 Å². The molecule has 1 aromatic carbocycles. The molecule has 1 aromatic rings. The van der Waals surface area contributed by atoms with Crippen LogP contribution in [-0.4, -0.2) is 11.6 Å². The van der Waals surface area contributed by atoms with Gasteiger partial charge in [-0.15, -0.1) is 0 Å². The van der Waals surface area contributed by atoms with Crippen LogP contribution in [0.25, 0.3) is 0 Å². The van der Waals surface area contributed by atoms with Crippen molar-refractivity contribution in [2.45, 2.75) is 6.42 Å². The lowest BCUT2D eigenvalue weighted by Crippen LogP contribution is -2.32. The SMILES string of the molecule is N#CC1CC(=O)NN=C1c1ccccc1. The first-order chi connectivity index (χ1) is 7.31. The van der Waals surface area contributed by atoms with Crippen LogP contribution < -0.4 is 5.43 Å². The zero-order valence-corrected chi connectivity index (χ0v) is 7.97. The van der Waals surface area contributed by atoms with Crippen LogP contribution in [0.15, 0.2) is 35.4 Å². The number of nitrogens with one attached hydrogen (secondary N) is 1. The van der Waals surface area contributed by atoms with E-state index in [9.17, 15) is 4.79 Å². The molecule has 0 radical (unpaired) electrons. The van der Waals surface area contributed by atoms with Crippen LogP contribution in [0.3, 0.4) is 0 Å². The number of carbonyl (C=O) groups excluding carboxylic acids is 1. The number of hydrazone groups is 1. The molecular weight excluding hydrogens is 190 g/mol. The number of nitriles is 1. The Morgan fingerprint density at radius 1 is 1.40 bits per heavy atom.